The average Bonchev–Trinajstić information content (AvgIpc) is 2.78. The highest BCUT2D eigenvalue weighted by atomic mass is 16.5. The number of nitrogens with two attached hydrogens (primary N) is 1. The van der Waals surface area contributed by atoms with Crippen LogP contribution in [0.3, 0.4) is 0 Å². The van der Waals surface area contributed by atoms with Crippen molar-refractivity contribution < 1.29 is 9.53 Å². The van der Waals surface area contributed by atoms with E-state index in [2.05, 4.69) is 10.1 Å². The molecule has 0 radical (unpaired) electrons. The number of carbonyl (C=O) groups is 1. The fourth-order valence-electron chi connectivity index (χ4n) is 2.99. The number of fused-ring (bicyclic) bond motifs is 1. The molecular formula is C23H18N4O3. The van der Waals surface area contributed by atoms with E-state index in [-0.39, 0.29) is 12.2 Å². The Labute approximate surface area is 172 Å². The molecule has 0 atom stereocenters. The monoisotopic (exact) mass is 398 g/mol. The third-order valence-corrected chi connectivity index (χ3v) is 4.39. The number of benzene rings is 3. The molecule has 0 aliphatic carbocycles. The highest BCUT2D eigenvalue weighted by Crippen LogP contribution is 2.20. The molecule has 0 bridgehead atoms. The normalized spacial score (nSPS) is 11.1. The summed E-state index contributed by atoms with van der Waals surface area (Å²) in [6.45, 7) is -0.252. The minimum absolute atomic E-state index is 0.252. The molecule has 1 amide bonds. The summed E-state index contributed by atoms with van der Waals surface area (Å²) in [6.07, 6.45) is 1.50. The number of hydrogen-bond donors (Lipinski definition) is 1. The van der Waals surface area contributed by atoms with Gasteiger partial charge in [0.15, 0.2) is 12.4 Å². The first-order chi connectivity index (χ1) is 14.6. The van der Waals surface area contributed by atoms with Gasteiger partial charge in [0.1, 0.15) is 5.75 Å². The van der Waals surface area contributed by atoms with Gasteiger partial charge >= 0.3 is 0 Å². The molecule has 3 aromatic carbocycles. The van der Waals surface area contributed by atoms with E-state index >= 15 is 0 Å². The van der Waals surface area contributed by atoms with E-state index in [1.54, 1.807) is 42.5 Å². The van der Waals surface area contributed by atoms with Gasteiger partial charge in [0.05, 0.1) is 17.1 Å². The number of nitrogens with zero attached hydrogens (tertiary/aromatic N) is 3. The van der Waals surface area contributed by atoms with E-state index in [4.69, 9.17) is 10.5 Å². The van der Waals surface area contributed by atoms with Crippen molar-refractivity contribution in [1.82, 2.24) is 9.66 Å². The molecule has 148 valence electrons. The van der Waals surface area contributed by atoms with Gasteiger partial charge in [0.25, 0.3) is 11.5 Å². The first-order valence-corrected chi connectivity index (χ1v) is 9.25. The Bertz CT molecular complexity index is 1300. The maximum absolute atomic E-state index is 13.2. The van der Waals surface area contributed by atoms with Crippen molar-refractivity contribution in [3.63, 3.8) is 0 Å². The van der Waals surface area contributed by atoms with Crippen LogP contribution in [0.1, 0.15) is 5.56 Å². The lowest BCUT2D eigenvalue weighted by molar-refractivity contribution is -0.119. The molecule has 4 aromatic rings. The molecule has 30 heavy (non-hydrogen) atoms. The number of rotatable bonds is 6. The van der Waals surface area contributed by atoms with Gasteiger partial charge in [-0.3, -0.25) is 9.59 Å². The molecule has 0 saturated carbocycles. The van der Waals surface area contributed by atoms with Crippen LogP contribution in [0.4, 0.5) is 0 Å². The van der Waals surface area contributed by atoms with Gasteiger partial charge in [-0.1, -0.05) is 54.6 Å². The van der Waals surface area contributed by atoms with Gasteiger partial charge in [0, 0.05) is 11.1 Å². The van der Waals surface area contributed by atoms with Crippen LogP contribution < -0.4 is 16.0 Å². The number of amides is 1. The van der Waals surface area contributed by atoms with Crippen LogP contribution in [0, 0.1) is 0 Å². The molecule has 0 unspecified atom stereocenters. The molecule has 1 aromatic heterocycles. The highest BCUT2D eigenvalue weighted by molar-refractivity contribution is 5.85. The average molecular weight is 398 g/mol. The quantitative estimate of drug-likeness (QED) is 0.505. The van der Waals surface area contributed by atoms with Gasteiger partial charge < -0.3 is 10.5 Å². The molecule has 1 heterocycles. The van der Waals surface area contributed by atoms with Crippen LogP contribution in [0.5, 0.6) is 5.75 Å². The fraction of sp³-hybridized carbons (Fsp3) is 0.0435. The molecule has 0 saturated heterocycles. The van der Waals surface area contributed by atoms with Gasteiger partial charge in [-0.2, -0.15) is 9.78 Å². The molecule has 2 N–H and O–H groups in total. The van der Waals surface area contributed by atoms with Crippen LogP contribution in [0.15, 0.2) is 88.8 Å². The fourth-order valence-corrected chi connectivity index (χ4v) is 2.99. The second-order valence-electron chi connectivity index (χ2n) is 6.47. The lowest BCUT2D eigenvalue weighted by Crippen LogP contribution is -2.21. The Morgan fingerprint density at radius 2 is 1.70 bits per heavy atom. The van der Waals surface area contributed by atoms with Crippen LogP contribution in [-0.4, -0.2) is 28.4 Å². The Hall–Kier alpha value is -4.26. The maximum Gasteiger partial charge on any atom is 0.282 e. The number of para-hydroxylation sites is 2. The molecule has 7 nitrogen and oxygen atoms in total. The molecule has 7 heteroatoms. The zero-order valence-electron chi connectivity index (χ0n) is 15.9. The van der Waals surface area contributed by atoms with E-state index in [0.29, 0.717) is 28.0 Å². The topological polar surface area (TPSA) is 99.6 Å². The largest absolute Gasteiger partial charge is 0.483 e. The van der Waals surface area contributed by atoms with Crippen molar-refractivity contribution in [2.75, 3.05) is 6.61 Å². The van der Waals surface area contributed by atoms with Crippen molar-refractivity contribution in [2.24, 2.45) is 10.8 Å². The number of carbonyl (C=O) groups excluding carboxylic acids is 1. The van der Waals surface area contributed by atoms with Crippen molar-refractivity contribution in [3.8, 4) is 17.1 Å². The van der Waals surface area contributed by atoms with Crippen LogP contribution in [0.25, 0.3) is 22.3 Å². The summed E-state index contributed by atoms with van der Waals surface area (Å²) in [6, 6.07) is 23.5. The van der Waals surface area contributed by atoms with Crippen molar-refractivity contribution >= 4 is 23.0 Å². The zero-order valence-corrected chi connectivity index (χ0v) is 15.9. The van der Waals surface area contributed by atoms with Crippen molar-refractivity contribution in [2.45, 2.75) is 0 Å². The van der Waals surface area contributed by atoms with Gasteiger partial charge in [-0.05, 0) is 24.3 Å². The highest BCUT2D eigenvalue weighted by Gasteiger charge is 2.12. The van der Waals surface area contributed by atoms with Gasteiger partial charge in [-0.25, -0.2) is 4.98 Å². The molecule has 0 spiro atoms. The van der Waals surface area contributed by atoms with Crippen molar-refractivity contribution in [1.29, 1.82) is 0 Å². The number of hydrogen-bond acceptors (Lipinski definition) is 5. The summed E-state index contributed by atoms with van der Waals surface area (Å²) in [5.74, 6) is 0.275. The number of aromatic nitrogens is 2. The maximum atomic E-state index is 13.2. The molecule has 4 rings (SSSR count). The second kappa shape index (κ2) is 8.40. The minimum Gasteiger partial charge on any atom is -0.483 e. The lowest BCUT2D eigenvalue weighted by atomic mass is 10.2. The van der Waals surface area contributed by atoms with E-state index < -0.39 is 5.91 Å². The third-order valence-electron chi connectivity index (χ3n) is 4.39. The van der Waals surface area contributed by atoms with Crippen LogP contribution in [0.2, 0.25) is 0 Å². The van der Waals surface area contributed by atoms with E-state index in [0.717, 1.165) is 5.56 Å². The summed E-state index contributed by atoms with van der Waals surface area (Å²) in [5.41, 5.74) is 6.83. The summed E-state index contributed by atoms with van der Waals surface area (Å²) in [7, 11) is 0. The van der Waals surface area contributed by atoms with E-state index in [1.165, 1.54) is 10.9 Å². The smallest absolute Gasteiger partial charge is 0.282 e. The summed E-state index contributed by atoms with van der Waals surface area (Å²) in [5, 5.41) is 4.88. The summed E-state index contributed by atoms with van der Waals surface area (Å²) in [4.78, 5) is 28.9. The van der Waals surface area contributed by atoms with Crippen LogP contribution in [-0.2, 0) is 4.79 Å². The third kappa shape index (κ3) is 3.95. The Morgan fingerprint density at radius 1 is 1.00 bits per heavy atom. The van der Waals surface area contributed by atoms with E-state index in [9.17, 15) is 9.59 Å². The Kier molecular flexibility index (Phi) is 5.34. The number of ether oxygens (including phenoxy) is 1. The van der Waals surface area contributed by atoms with Crippen LogP contribution >= 0.6 is 0 Å². The molecule has 0 fully saturated rings. The molecular weight excluding hydrogens is 380 g/mol. The molecule has 0 aliphatic heterocycles. The van der Waals surface area contributed by atoms with Gasteiger partial charge in [0.2, 0.25) is 0 Å². The summed E-state index contributed by atoms with van der Waals surface area (Å²) < 4.78 is 6.70. The Balaban J connectivity index is 1.84. The lowest BCUT2D eigenvalue weighted by Gasteiger charge is -2.10. The second-order valence-corrected chi connectivity index (χ2v) is 6.47. The zero-order chi connectivity index (χ0) is 20.9. The standard InChI is InChI=1S/C23H18N4O3/c24-21(28)15-30-20-13-7-4-10-17(20)14-25-27-22(16-8-2-1-3-9-16)26-19-12-6-5-11-18(19)23(27)29/h1-14H,15H2,(H2,24,28). The predicted octanol–water partition coefficient (Wildman–Crippen LogP) is 2.81. The number of primary amides is 1. The first kappa shape index (κ1) is 19.1. The Morgan fingerprint density at radius 3 is 2.50 bits per heavy atom. The minimum atomic E-state index is -0.581. The first-order valence-electron chi connectivity index (χ1n) is 9.25. The van der Waals surface area contributed by atoms with Gasteiger partial charge in [-0.15, -0.1) is 0 Å². The molecule has 0 aliphatic rings. The SMILES string of the molecule is NC(=O)COc1ccccc1C=Nn1c(-c2ccccc2)nc2ccccc2c1=O. The predicted molar refractivity (Wildman–Crippen MR) is 116 cm³/mol. The van der Waals surface area contributed by atoms with E-state index in [1.807, 2.05) is 36.4 Å². The van der Waals surface area contributed by atoms with Crippen molar-refractivity contribution in [3.05, 3.63) is 94.8 Å². The summed E-state index contributed by atoms with van der Waals surface area (Å²) >= 11 is 0.